The summed E-state index contributed by atoms with van der Waals surface area (Å²) in [4.78, 5) is 0. The molecule has 0 aromatic heterocycles. The maximum atomic E-state index is 5.63. The quantitative estimate of drug-likeness (QED) is 0.341. The third-order valence-corrected chi connectivity index (χ3v) is 3.81. The van der Waals surface area contributed by atoms with Gasteiger partial charge in [0.25, 0.3) is 0 Å². The summed E-state index contributed by atoms with van der Waals surface area (Å²) in [6.07, 6.45) is 21.4. The van der Waals surface area contributed by atoms with E-state index in [-0.39, 0.29) is 0 Å². The van der Waals surface area contributed by atoms with E-state index >= 15 is 0 Å². The number of hydrogen-bond donors (Lipinski definition) is 0. The minimum atomic E-state index is 0.600. The van der Waals surface area contributed by atoms with Crippen LogP contribution in [0.1, 0.15) is 84.0 Å². The summed E-state index contributed by atoms with van der Waals surface area (Å²) in [5.41, 5.74) is 0. The minimum Gasteiger partial charge on any atom is -0.378 e. The van der Waals surface area contributed by atoms with Gasteiger partial charge in [-0.1, -0.05) is 51.2 Å². The average Bonchev–Trinajstić information content (AvgIpc) is 2.89. The summed E-state index contributed by atoms with van der Waals surface area (Å²) in [6, 6.07) is 0. The highest BCUT2D eigenvalue weighted by atomic mass is 16.5. The van der Waals surface area contributed by atoms with Crippen LogP contribution in [0.25, 0.3) is 0 Å². The van der Waals surface area contributed by atoms with E-state index in [1.807, 2.05) is 0 Å². The van der Waals surface area contributed by atoms with Gasteiger partial charge in [-0.2, -0.15) is 0 Å². The van der Waals surface area contributed by atoms with Gasteiger partial charge in [0.2, 0.25) is 0 Å². The van der Waals surface area contributed by atoms with Gasteiger partial charge in [-0.3, -0.25) is 0 Å². The molecule has 1 saturated heterocycles. The van der Waals surface area contributed by atoms with E-state index in [0.29, 0.717) is 6.10 Å². The van der Waals surface area contributed by atoms with Crippen LogP contribution in [0.5, 0.6) is 0 Å². The Kier molecular flexibility index (Phi) is 10.3. The second kappa shape index (κ2) is 11.8. The molecule has 1 nitrogen and oxygen atoms in total. The molecule has 0 aromatic carbocycles. The molecule has 18 heavy (non-hydrogen) atoms. The lowest BCUT2D eigenvalue weighted by Crippen LogP contribution is -2.03. The second-order valence-corrected chi connectivity index (χ2v) is 5.59. The van der Waals surface area contributed by atoms with Gasteiger partial charge in [0, 0.05) is 6.61 Å². The van der Waals surface area contributed by atoms with Crippen molar-refractivity contribution >= 4 is 0 Å². The lowest BCUT2D eigenvalue weighted by atomic mass is 10.1. The van der Waals surface area contributed by atoms with Crippen LogP contribution in [0, 0.1) is 0 Å². The van der Waals surface area contributed by atoms with Crippen LogP contribution in [0.2, 0.25) is 0 Å². The van der Waals surface area contributed by atoms with Crippen molar-refractivity contribution < 1.29 is 4.74 Å². The van der Waals surface area contributed by atoms with E-state index in [0.717, 1.165) is 6.61 Å². The molecule has 1 fully saturated rings. The molecule has 0 spiro atoms. The van der Waals surface area contributed by atoms with Crippen molar-refractivity contribution in [2.75, 3.05) is 6.61 Å². The first-order valence-corrected chi connectivity index (χ1v) is 8.20. The number of hydrogen-bond acceptors (Lipinski definition) is 1. The molecule has 1 rings (SSSR count). The Balaban J connectivity index is 1.75. The predicted molar refractivity (Wildman–Crippen MR) is 80.0 cm³/mol. The summed E-state index contributed by atoms with van der Waals surface area (Å²) in [5.74, 6) is 0. The van der Waals surface area contributed by atoms with Crippen LogP contribution in [-0.4, -0.2) is 12.7 Å². The molecule has 1 aliphatic rings. The summed E-state index contributed by atoms with van der Waals surface area (Å²) >= 11 is 0. The van der Waals surface area contributed by atoms with E-state index in [9.17, 15) is 0 Å². The van der Waals surface area contributed by atoms with Crippen LogP contribution in [0.3, 0.4) is 0 Å². The number of rotatable bonds is 11. The first kappa shape index (κ1) is 15.8. The highest BCUT2D eigenvalue weighted by Crippen LogP contribution is 2.18. The molecular weight excluding hydrogens is 220 g/mol. The molecule has 0 amide bonds. The van der Waals surface area contributed by atoms with Crippen LogP contribution < -0.4 is 0 Å². The molecule has 0 N–H and O–H groups in total. The number of unbranched alkanes of at least 4 members (excludes halogenated alkanes) is 7. The summed E-state index contributed by atoms with van der Waals surface area (Å²) in [6.45, 7) is 3.27. The largest absolute Gasteiger partial charge is 0.378 e. The van der Waals surface area contributed by atoms with Gasteiger partial charge < -0.3 is 4.74 Å². The average molecular weight is 252 g/mol. The van der Waals surface area contributed by atoms with Crippen molar-refractivity contribution in [1.82, 2.24) is 0 Å². The zero-order chi connectivity index (χ0) is 12.9. The van der Waals surface area contributed by atoms with E-state index < -0.39 is 0 Å². The van der Waals surface area contributed by atoms with Gasteiger partial charge >= 0.3 is 0 Å². The number of ether oxygens (including phenoxy) is 1. The number of allylic oxidation sites excluding steroid dienone is 2. The van der Waals surface area contributed by atoms with Gasteiger partial charge in [-0.05, 0) is 44.9 Å². The molecule has 0 aromatic rings. The Morgan fingerprint density at radius 3 is 2.33 bits per heavy atom. The summed E-state index contributed by atoms with van der Waals surface area (Å²) < 4.78 is 5.63. The van der Waals surface area contributed by atoms with Crippen molar-refractivity contribution in [3.63, 3.8) is 0 Å². The molecule has 0 radical (unpaired) electrons. The third kappa shape index (κ3) is 8.74. The Morgan fingerprint density at radius 2 is 1.67 bits per heavy atom. The Hall–Kier alpha value is -0.300. The third-order valence-electron chi connectivity index (χ3n) is 3.81. The first-order valence-electron chi connectivity index (χ1n) is 8.20. The van der Waals surface area contributed by atoms with Crippen molar-refractivity contribution in [2.24, 2.45) is 0 Å². The monoisotopic (exact) mass is 252 g/mol. The van der Waals surface area contributed by atoms with Crippen LogP contribution >= 0.6 is 0 Å². The van der Waals surface area contributed by atoms with Gasteiger partial charge in [0.1, 0.15) is 0 Å². The fraction of sp³-hybridized carbons (Fsp3) is 0.882. The van der Waals surface area contributed by atoms with Gasteiger partial charge in [-0.15, -0.1) is 0 Å². The van der Waals surface area contributed by atoms with Crippen LogP contribution in [0.4, 0.5) is 0 Å². The van der Waals surface area contributed by atoms with E-state index in [4.69, 9.17) is 4.74 Å². The van der Waals surface area contributed by atoms with E-state index in [1.54, 1.807) is 0 Å². The molecule has 0 aliphatic carbocycles. The molecule has 1 aliphatic heterocycles. The highest BCUT2D eigenvalue weighted by molar-refractivity contribution is 4.81. The predicted octanol–water partition coefficient (Wildman–Crippen LogP) is 5.64. The fourth-order valence-corrected chi connectivity index (χ4v) is 2.61. The molecule has 0 bridgehead atoms. The minimum absolute atomic E-state index is 0.600. The SMILES string of the molecule is CCCCC/C=C/CCCCCCC1CCCO1. The standard InChI is InChI=1S/C17H32O/c1-2-3-4-5-6-7-8-9-10-11-12-14-17-15-13-16-18-17/h6-7,17H,2-5,8-16H2,1H3/b7-6+. The smallest absolute Gasteiger partial charge is 0.0576 e. The zero-order valence-corrected chi connectivity index (χ0v) is 12.3. The van der Waals surface area contributed by atoms with Crippen molar-refractivity contribution in [2.45, 2.75) is 90.1 Å². The topological polar surface area (TPSA) is 9.23 Å². The lowest BCUT2D eigenvalue weighted by Gasteiger charge is -2.07. The summed E-state index contributed by atoms with van der Waals surface area (Å²) in [7, 11) is 0. The molecule has 1 heterocycles. The maximum absolute atomic E-state index is 5.63. The van der Waals surface area contributed by atoms with Crippen molar-refractivity contribution in [1.29, 1.82) is 0 Å². The highest BCUT2D eigenvalue weighted by Gasteiger charge is 2.13. The van der Waals surface area contributed by atoms with Gasteiger partial charge in [-0.25, -0.2) is 0 Å². The first-order chi connectivity index (χ1) is 8.93. The van der Waals surface area contributed by atoms with Gasteiger partial charge in [0.05, 0.1) is 6.10 Å². The molecule has 1 heteroatoms. The van der Waals surface area contributed by atoms with E-state index in [2.05, 4.69) is 19.1 Å². The van der Waals surface area contributed by atoms with Crippen molar-refractivity contribution in [3.8, 4) is 0 Å². The molecule has 0 saturated carbocycles. The maximum Gasteiger partial charge on any atom is 0.0576 e. The van der Waals surface area contributed by atoms with Crippen LogP contribution in [-0.2, 0) is 4.74 Å². The Morgan fingerprint density at radius 1 is 0.944 bits per heavy atom. The molecule has 1 unspecified atom stereocenters. The molecule has 106 valence electrons. The molecule has 1 atom stereocenters. The van der Waals surface area contributed by atoms with Crippen molar-refractivity contribution in [3.05, 3.63) is 12.2 Å². The fourth-order valence-electron chi connectivity index (χ4n) is 2.61. The normalized spacial score (nSPS) is 19.9. The van der Waals surface area contributed by atoms with E-state index in [1.165, 1.54) is 77.0 Å². The lowest BCUT2D eigenvalue weighted by molar-refractivity contribution is 0.102. The van der Waals surface area contributed by atoms with Crippen LogP contribution in [0.15, 0.2) is 12.2 Å². The second-order valence-electron chi connectivity index (χ2n) is 5.59. The molecular formula is C17H32O. The van der Waals surface area contributed by atoms with Gasteiger partial charge in [0.15, 0.2) is 0 Å². The summed E-state index contributed by atoms with van der Waals surface area (Å²) in [5, 5.41) is 0. The zero-order valence-electron chi connectivity index (χ0n) is 12.3. The Bertz CT molecular complexity index is 192. The Labute approximate surface area is 114 Å².